The molecule has 1 aromatic heterocycles. The lowest BCUT2D eigenvalue weighted by Gasteiger charge is -2.34. The summed E-state index contributed by atoms with van der Waals surface area (Å²) in [6, 6.07) is 13.0. The van der Waals surface area contributed by atoms with Gasteiger partial charge in [-0.1, -0.05) is 35.9 Å². The van der Waals surface area contributed by atoms with E-state index in [9.17, 15) is 9.50 Å². The summed E-state index contributed by atoms with van der Waals surface area (Å²) >= 11 is 7.06. The zero-order valence-corrected chi connectivity index (χ0v) is 23.9. The fraction of sp³-hybridized carbons (Fsp3) is 0.438. The fourth-order valence-electron chi connectivity index (χ4n) is 7.83. The van der Waals surface area contributed by atoms with E-state index in [1.807, 2.05) is 24.3 Å². The maximum atomic E-state index is 16.1. The van der Waals surface area contributed by atoms with Crippen LogP contribution < -0.4 is 15.0 Å². The molecule has 4 aliphatic rings. The number of hydrogen-bond donors (Lipinski definition) is 2. The number of alkyl halides is 1. The van der Waals surface area contributed by atoms with E-state index in [0.717, 1.165) is 56.1 Å². The minimum atomic E-state index is -0.865. The number of anilines is 1. The largest absolute Gasteiger partial charge is 0.508 e. The molecule has 0 aliphatic carbocycles. The molecule has 4 atom stereocenters. The molecule has 218 valence electrons. The standard InChI is InChI=1S/C32H32ClF2N5O2/c33-28-27(24-11-22(41)10-18-4-1-2-5-23(18)24)26(35)12-25-29(28)37-31(38-30(25)39-15-20-6-7-21(16-39)36-20)42-17-32-8-3-9-40(32)14-19(34)13-32/h1-2,4-5,10-12,19-21,36,41H,3,6-9,13-17H2/t19-,20?,21?,32?/m1/s1. The van der Waals surface area contributed by atoms with Gasteiger partial charge in [-0.2, -0.15) is 9.97 Å². The van der Waals surface area contributed by atoms with Gasteiger partial charge in [0, 0.05) is 49.1 Å². The topological polar surface area (TPSA) is 73.8 Å². The number of piperazine rings is 1. The van der Waals surface area contributed by atoms with E-state index in [1.165, 1.54) is 12.1 Å². The number of nitrogens with zero attached hydrogens (tertiary/aromatic N) is 4. The summed E-state index contributed by atoms with van der Waals surface area (Å²) in [5, 5.41) is 16.3. The Morgan fingerprint density at radius 3 is 2.71 bits per heavy atom. The summed E-state index contributed by atoms with van der Waals surface area (Å²) in [7, 11) is 0. The SMILES string of the molecule is Oc1cc(-c2c(F)cc3c(N4CC5CCC(C4)N5)nc(OCC45CCCN4C[C@H](F)C5)nc3c2Cl)c2ccccc2c1. The van der Waals surface area contributed by atoms with Gasteiger partial charge in [-0.05, 0) is 66.8 Å². The Morgan fingerprint density at radius 1 is 1.07 bits per heavy atom. The normalized spacial score (nSPS) is 27.3. The molecule has 10 heteroatoms. The quantitative estimate of drug-likeness (QED) is 0.302. The van der Waals surface area contributed by atoms with Gasteiger partial charge in [-0.3, -0.25) is 4.90 Å². The number of rotatable bonds is 5. The van der Waals surface area contributed by atoms with Gasteiger partial charge in [0.25, 0.3) is 0 Å². The van der Waals surface area contributed by atoms with Crippen LogP contribution in [-0.2, 0) is 0 Å². The second kappa shape index (κ2) is 9.89. The molecule has 4 fully saturated rings. The first-order valence-corrected chi connectivity index (χ1v) is 15.2. The molecule has 0 saturated carbocycles. The predicted octanol–water partition coefficient (Wildman–Crippen LogP) is 5.84. The van der Waals surface area contributed by atoms with Crippen molar-refractivity contribution in [1.82, 2.24) is 20.2 Å². The molecule has 0 radical (unpaired) electrons. The Morgan fingerprint density at radius 2 is 1.88 bits per heavy atom. The van der Waals surface area contributed by atoms with Crippen LogP contribution in [0.5, 0.6) is 11.8 Å². The summed E-state index contributed by atoms with van der Waals surface area (Å²) < 4.78 is 36.9. The molecule has 0 spiro atoms. The molecule has 2 N–H and O–H groups in total. The summed E-state index contributed by atoms with van der Waals surface area (Å²) in [6.07, 6.45) is 3.62. The van der Waals surface area contributed by atoms with E-state index in [-0.39, 0.29) is 34.5 Å². The Bertz CT molecular complexity index is 1710. The molecule has 4 saturated heterocycles. The van der Waals surface area contributed by atoms with Gasteiger partial charge in [0.15, 0.2) is 0 Å². The maximum absolute atomic E-state index is 16.1. The van der Waals surface area contributed by atoms with Gasteiger partial charge >= 0.3 is 6.01 Å². The minimum Gasteiger partial charge on any atom is -0.508 e. The average molecular weight is 592 g/mol. The molecule has 4 aliphatic heterocycles. The molecular weight excluding hydrogens is 560 g/mol. The van der Waals surface area contributed by atoms with Crippen molar-refractivity contribution in [3.05, 3.63) is 53.3 Å². The van der Waals surface area contributed by atoms with Crippen molar-refractivity contribution in [1.29, 1.82) is 0 Å². The van der Waals surface area contributed by atoms with Gasteiger partial charge in [-0.15, -0.1) is 0 Å². The molecule has 0 amide bonds. The van der Waals surface area contributed by atoms with Crippen molar-refractivity contribution in [3.63, 3.8) is 0 Å². The lowest BCUT2D eigenvalue weighted by atomic mass is 9.95. The third kappa shape index (κ3) is 4.28. The Labute approximate surface area is 247 Å². The fourth-order valence-corrected chi connectivity index (χ4v) is 8.17. The van der Waals surface area contributed by atoms with Crippen LogP contribution in [-0.4, -0.2) is 76.6 Å². The van der Waals surface area contributed by atoms with E-state index < -0.39 is 12.0 Å². The van der Waals surface area contributed by atoms with Crippen LogP contribution in [0.25, 0.3) is 32.8 Å². The summed E-state index contributed by atoms with van der Waals surface area (Å²) in [4.78, 5) is 14.0. The minimum absolute atomic E-state index is 0.0195. The number of halogens is 3. The smallest absolute Gasteiger partial charge is 0.319 e. The number of fused-ring (bicyclic) bond motifs is 5. The highest BCUT2D eigenvalue weighted by molar-refractivity contribution is 6.38. The maximum Gasteiger partial charge on any atom is 0.319 e. The molecule has 2 bridgehead atoms. The van der Waals surface area contributed by atoms with Crippen molar-refractivity contribution in [3.8, 4) is 22.9 Å². The second-order valence-corrected chi connectivity index (χ2v) is 12.8. The number of hydrogen-bond acceptors (Lipinski definition) is 7. The highest BCUT2D eigenvalue weighted by Crippen LogP contribution is 2.44. The number of aromatic hydroxyl groups is 1. The summed E-state index contributed by atoms with van der Waals surface area (Å²) in [5.74, 6) is 0.100. The Kier molecular flexibility index (Phi) is 6.21. The highest BCUT2D eigenvalue weighted by atomic mass is 35.5. The molecule has 4 aromatic rings. The van der Waals surface area contributed by atoms with E-state index in [0.29, 0.717) is 47.3 Å². The van der Waals surface area contributed by atoms with Crippen LogP contribution in [0.4, 0.5) is 14.6 Å². The Balaban J connectivity index is 1.27. The van der Waals surface area contributed by atoms with Crippen LogP contribution in [0.2, 0.25) is 5.02 Å². The zero-order valence-electron chi connectivity index (χ0n) is 23.1. The van der Waals surface area contributed by atoms with Crippen molar-refractivity contribution < 1.29 is 18.6 Å². The van der Waals surface area contributed by atoms with Crippen molar-refractivity contribution in [2.45, 2.75) is 55.9 Å². The van der Waals surface area contributed by atoms with Gasteiger partial charge < -0.3 is 20.1 Å². The summed E-state index contributed by atoms with van der Waals surface area (Å²) in [6.45, 7) is 3.06. The van der Waals surface area contributed by atoms with E-state index in [4.69, 9.17) is 26.3 Å². The number of benzene rings is 3. The molecule has 7 nitrogen and oxygen atoms in total. The van der Waals surface area contributed by atoms with Crippen LogP contribution in [0.1, 0.15) is 32.1 Å². The molecule has 5 heterocycles. The highest BCUT2D eigenvalue weighted by Gasteiger charge is 2.49. The van der Waals surface area contributed by atoms with E-state index in [2.05, 4.69) is 15.1 Å². The van der Waals surface area contributed by atoms with Crippen molar-refractivity contribution >= 4 is 39.1 Å². The molecule has 3 unspecified atom stereocenters. The first-order chi connectivity index (χ1) is 20.4. The Hall–Kier alpha value is -3.27. The van der Waals surface area contributed by atoms with Gasteiger partial charge in [-0.25, -0.2) is 8.78 Å². The lowest BCUT2D eigenvalue weighted by Crippen LogP contribution is -2.51. The predicted molar refractivity (Wildman–Crippen MR) is 160 cm³/mol. The van der Waals surface area contributed by atoms with E-state index >= 15 is 4.39 Å². The molecule has 42 heavy (non-hydrogen) atoms. The van der Waals surface area contributed by atoms with E-state index in [1.54, 1.807) is 6.07 Å². The number of nitrogens with one attached hydrogen (secondary N) is 1. The number of aromatic nitrogens is 2. The number of phenolic OH excluding ortho intramolecular Hbond substituents is 1. The van der Waals surface area contributed by atoms with Crippen molar-refractivity contribution in [2.75, 3.05) is 37.7 Å². The average Bonchev–Trinajstić information content (AvgIpc) is 3.62. The van der Waals surface area contributed by atoms with Gasteiger partial charge in [0.1, 0.15) is 30.2 Å². The van der Waals surface area contributed by atoms with Crippen LogP contribution in [0.3, 0.4) is 0 Å². The summed E-state index contributed by atoms with van der Waals surface area (Å²) in [5.41, 5.74) is 0.689. The van der Waals surface area contributed by atoms with Crippen LogP contribution in [0.15, 0.2) is 42.5 Å². The van der Waals surface area contributed by atoms with Gasteiger partial charge in [0.2, 0.25) is 0 Å². The first-order valence-electron chi connectivity index (χ1n) is 14.8. The number of phenols is 1. The van der Waals surface area contributed by atoms with Gasteiger partial charge in [0.05, 0.1) is 16.1 Å². The molecule has 3 aromatic carbocycles. The lowest BCUT2D eigenvalue weighted by molar-refractivity contribution is 0.107. The molecular formula is C32H32ClF2N5O2. The number of ether oxygens (including phenoxy) is 1. The third-order valence-electron chi connectivity index (χ3n) is 9.71. The van der Waals surface area contributed by atoms with Crippen molar-refractivity contribution in [2.24, 2.45) is 0 Å². The van der Waals surface area contributed by atoms with Crippen LogP contribution in [0, 0.1) is 5.82 Å². The monoisotopic (exact) mass is 591 g/mol. The second-order valence-electron chi connectivity index (χ2n) is 12.4. The third-order valence-corrected chi connectivity index (χ3v) is 10.1. The van der Waals surface area contributed by atoms with Crippen LogP contribution >= 0.6 is 11.6 Å². The first kappa shape index (κ1) is 26.4. The zero-order chi connectivity index (χ0) is 28.6. The molecule has 8 rings (SSSR count).